The largest absolute Gasteiger partial charge is 0.493 e. The second-order valence-electron chi connectivity index (χ2n) is 10.0. The van der Waals surface area contributed by atoms with Crippen LogP contribution in [-0.4, -0.2) is 57.4 Å². The Hall–Kier alpha value is -3.42. The maximum Gasteiger partial charge on any atom is 0.255 e. The summed E-state index contributed by atoms with van der Waals surface area (Å²) in [6.07, 6.45) is 4.42. The first kappa shape index (κ1) is 23.3. The maximum atomic E-state index is 13.4. The number of fused-ring (bicyclic) bond motifs is 1. The number of hydrogen-bond donors (Lipinski definition) is 2. The van der Waals surface area contributed by atoms with Crippen LogP contribution in [0.5, 0.6) is 5.75 Å². The van der Waals surface area contributed by atoms with Crippen molar-refractivity contribution in [2.24, 2.45) is 11.8 Å². The number of ether oxygens (including phenoxy) is 1. The molecular weight excluding hydrogens is 442 g/mol. The number of aryl methyl sites for hydroxylation is 2. The van der Waals surface area contributed by atoms with Crippen LogP contribution in [-0.2, 0) is 4.79 Å². The highest BCUT2D eigenvalue weighted by Crippen LogP contribution is 2.37. The number of amides is 2. The van der Waals surface area contributed by atoms with Crippen LogP contribution in [0.15, 0.2) is 24.5 Å². The zero-order valence-corrected chi connectivity index (χ0v) is 20.9. The molecule has 2 amide bonds. The van der Waals surface area contributed by atoms with Gasteiger partial charge in [0, 0.05) is 30.8 Å². The van der Waals surface area contributed by atoms with E-state index >= 15 is 0 Å². The van der Waals surface area contributed by atoms with Crippen molar-refractivity contribution in [2.45, 2.75) is 53.0 Å². The number of rotatable bonds is 7. The predicted octanol–water partition coefficient (Wildman–Crippen LogP) is 4.02. The van der Waals surface area contributed by atoms with Gasteiger partial charge in [0.1, 0.15) is 23.3 Å². The number of nitrogens with zero attached hydrogens (tertiary/aromatic N) is 3. The summed E-state index contributed by atoms with van der Waals surface area (Å²) in [6, 6.07) is 6.01. The summed E-state index contributed by atoms with van der Waals surface area (Å²) < 4.78 is 6.16. The molecule has 2 aromatic heterocycles. The fourth-order valence-electron chi connectivity index (χ4n) is 4.87. The Morgan fingerprint density at radius 1 is 1.20 bits per heavy atom. The van der Waals surface area contributed by atoms with Crippen LogP contribution in [0.2, 0.25) is 0 Å². The third-order valence-corrected chi connectivity index (χ3v) is 7.14. The van der Waals surface area contributed by atoms with Crippen molar-refractivity contribution < 1.29 is 14.3 Å². The minimum Gasteiger partial charge on any atom is -0.493 e. The molecule has 2 atom stereocenters. The third-order valence-electron chi connectivity index (χ3n) is 7.14. The summed E-state index contributed by atoms with van der Waals surface area (Å²) in [7, 11) is 0. The van der Waals surface area contributed by atoms with Gasteiger partial charge in [-0.2, -0.15) is 0 Å². The quantitative estimate of drug-likeness (QED) is 0.538. The van der Waals surface area contributed by atoms with Crippen molar-refractivity contribution >= 4 is 22.8 Å². The van der Waals surface area contributed by atoms with Gasteiger partial charge in [-0.15, -0.1) is 0 Å². The Labute approximate surface area is 205 Å². The molecule has 1 saturated carbocycles. The van der Waals surface area contributed by atoms with Gasteiger partial charge in [0.05, 0.1) is 23.7 Å². The van der Waals surface area contributed by atoms with Gasteiger partial charge in [0.25, 0.3) is 5.91 Å². The van der Waals surface area contributed by atoms with Crippen LogP contribution in [0.1, 0.15) is 54.7 Å². The number of aromatic nitrogens is 3. The van der Waals surface area contributed by atoms with Crippen molar-refractivity contribution in [3.8, 4) is 17.0 Å². The topological polar surface area (TPSA) is 100 Å². The van der Waals surface area contributed by atoms with E-state index in [0.717, 1.165) is 33.8 Å². The molecule has 3 heterocycles. The molecule has 0 spiro atoms. The number of hydrogen-bond acceptors (Lipinski definition) is 5. The molecule has 1 aliphatic heterocycles. The van der Waals surface area contributed by atoms with Crippen molar-refractivity contribution in [3.63, 3.8) is 0 Å². The highest BCUT2D eigenvalue weighted by atomic mass is 16.5. The molecular formula is C27H33N5O3. The normalized spacial score (nSPS) is 19.8. The van der Waals surface area contributed by atoms with Gasteiger partial charge in [-0.25, -0.2) is 9.97 Å². The molecule has 8 heteroatoms. The average Bonchev–Trinajstić information content (AvgIpc) is 3.51. The van der Waals surface area contributed by atoms with Crippen molar-refractivity contribution in [1.82, 2.24) is 25.2 Å². The fourth-order valence-corrected chi connectivity index (χ4v) is 4.87. The monoisotopic (exact) mass is 475 g/mol. The fraction of sp³-hybridized carbons (Fsp3) is 0.481. The molecule has 1 saturated heterocycles. The molecule has 1 aromatic carbocycles. The van der Waals surface area contributed by atoms with Gasteiger partial charge < -0.3 is 19.9 Å². The van der Waals surface area contributed by atoms with E-state index in [-0.39, 0.29) is 23.8 Å². The van der Waals surface area contributed by atoms with E-state index in [4.69, 9.17) is 4.74 Å². The number of likely N-dealkylation sites (tertiary alicyclic amines) is 1. The second kappa shape index (κ2) is 9.32. The van der Waals surface area contributed by atoms with Crippen LogP contribution in [0.3, 0.4) is 0 Å². The lowest BCUT2D eigenvalue weighted by Crippen LogP contribution is -2.40. The molecule has 0 unspecified atom stereocenters. The molecule has 2 aliphatic rings. The number of carbonyl (C=O) groups is 2. The third kappa shape index (κ3) is 4.61. The second-order valence-corrected chi connectivity index (χ2v) is 10.0. The summed E-state index contributed by atoms with van der Waals surface area (Å²) in [5, 5.41) is 3.15. The molecule has 2 fully saturated rings. The predicted molar refractivity (Wildman–Crippen MR) is 134 cm³/mol. The van der Waals surface area contributed by atoms with Crippen molar-refractivity contribution in [3.05, 3.63) is 41.3 Å². The van der Waals surface area contributed by atoms with Gasteiger partial charge in [0.2, 0.25) is 5.91 Å². The van der Waals surface area contributed by atoms with Crippen molar-refractivity contribution in [2.75, 3.05) is 19.7 Å². The van der Waals surface area contributed by atoms with Crippen LogP contribution < -0.4 is 10.1 Å². The number of H-pyrrole nitrogens is 1. The molecule has 35 heavy (non-hydrogen) atoms. The molecule has 3 aromatic rings. The van der Waals surface area contributed by atoms with E-state index in [1.165, 1.54) is 19.2 Å². The van der Waals surface area contributed by atoms with E-state index in [1.54, 1.807) is 0 Å². The number of carbonyl (C=O) groups excluding carboxylic acids is 2. The summed E-state index contributed by atoms with van der Waals surface area (Å²) in [5.74, 6) is 1.55. The van der Waals surface area contributed by atoms with Gasteiger partial charge >= 0.3 is 0 Å². The van der Waals surface area contributed by atoms with Crippen LogP contribution >= 0.6 is 0 Å². The van der Waals surface area contributed by atoms with Crippen molar-refractivity contribution in [1.29, 1.82) is 0 Å². The lowest BCUT2D eigenvalue weighted by atomic mass is 10.0. The standard InChI is InChI=1S/C27H33N5O3/c1-5-22(33)32-11-16(3)20(12-32)31-27(34)23-17(4)30-26-24(28-14-29-25(23)26)19-10-15(2)6-9-21(19)35-13-18-7-8-18/h6,9-10,14,16,18,20,30H,5,7-8,11-13H2,1-4H3,(H,31,34)/t16-,20-/m1/s1. The van der Waals surface area contributed by atoms with Gasteiger partial charge in [-0.05, 0) is 50.7 Å². The summed E-state index contributed by atoms with van der Waals surface area (Å²) in [6.45, 7) is 9.75. The summed E-state index contributed by atoms with van der Waals surface area (Å²) >= 11 is 0. The first-order valence-corrected chi connectivity index (χ1v) is 12.5. The minimum absolute atomic E-state index is 0.0946. The van der Waals surface area contributed by atoms with E-state index < -0.39 is 0 Å². The van der Waals surface area contributed by atoms with Gasteiger partial charge in [-0.3, -0.25) is 9.59 Å². The number of aromatic amines is 1. The molecule has 5 rings (SSSR count). The first-order valence-electron chi connectivity index (χ1n) is 12.5. The highest BCUT2D eigenvalue weighted by Gasteiger charge is 2.34. The van der Waals surface area contributed by atoms with Gasteiger partial charge in [0.15, 0.2) is 0 Å². The zero-order valence-electron chi connectivity index (χ0n) is 20.9. The number of benzene rings is 1. The van der Waals surface area contributed by atoms with E-state index in [1.807, 2.05) is 37.8 Å². The molecule has 2 N–H and O–H groups in total. The molecule has 0 bridgehead atoms. The first-order chi connectivity index (χ1) is 16.9. The summed E-state index contributed by atoms with van der Waals surface area (Å²) in [5.41, 5.74) is 5.29. The Bertz CT molecular complexity index is 1280. The molecule has 8 nitrogen and oxygen atoms in total. The molecule has 1 aliphatic carbocycles. The smallest absolute Gasteiger partial charge is 0.255 e. The maximum absolute atomic E-state index is 13.4. The zero-order chi connectivity index (χ0) is 24.7. The summed E-state index contributed by atoms with van der Waals surface area (Å²) in [4.78, 5) is 39.8. The lowest BCUT2D eigenvalue weighted by molar-refractivity contribution is -0.129. The lowest BCUT2D eigenvalue weighted by Gasteiger charge is -2.17. The van der Waals surface area contributed by atoms with E-state index in [0.29, 0.717) is 43.1 Å². The Kier molecular flexibility index (Phi) is 6.21. The average molecular weight is 476 g/mol. The Morgan fingerprint density at radius 2 is 2.00 bits per heavy atom. The Morgan fingerprint density at radius 3 is 2.74 bits per heavy atom. The van der Waals surface area contributed by atoms with Gasteiger partial charge in [-0.1, -0.05) is 25.5 Å². The minimum atomic E-state index is -0.185. The van der Waals surface area contributed by atoms with Crippen LogP contribution in [0.25, 0.3) is 22.3 Å². The number of nitrogens with one attached hydrogen (secondary N) is 2. The van der Waals surface area contributed by atoms with Crippen LogP contribution in [0, 0.1) is 25.7 Å². The Balaban J connectivity index is 1.46. The van der Waals surface area contributed by atoms with Crippen LogP contribution in [0.4, 0.5) is 0 Å². The van der Waals surface area contributed by atoms with E-state index in [9.17, 15) is 9.59 Å². The highest BCUT2D eigenvalue weighted by molar-refractivity contribution is 6.09. The molecule has 184 valence electrons. The molecule has 0 radical (unpaired) electrons. The SMILES string of the molecule is CCC(=O)N1C[C@@H](C)[C@H](NC(=O)c2c(C)[nH]c3c(-c4cc(C)ccc4OCC4CC4)ncnc23)C1. The van der Waals surface area contributed by atoms with E-state index in [2.05, 4.69) is 33.3 Å².